The quantitative estimate of drug-likeness (QED) is 0.930. The van der Waals surface area contributed by atoms with Crippen molar-refractivity contribution in [1.29, 1.82) is 0 Å². The lowest BCUT2D eigenvalue weighted by Gasteiger charge is -2.01. The van der Waals surface area contributed by atoms with Gasteiger partial charge in [-0.15, -0.1) is 0 Å². The van der Waals surface area contributed by atoms with E-state index in [1.54, 1.807) is 6.07 Å². The van der Waals surface area contributed by atoms with Gasteiger partial charge in [0.1, 0.15) is 0 Å². The third-order valence-corrected chi connectivity index (χ3v) is 2.27. The van der Waals surface area contributed by atoms with E-state index in [4.69, 9.17) is 0 Å². The lowest BCUT2D eigenvalue weighted by Crippen LogP contribution is -2.19. The van der Waals surface area contributed by atoms with Crippen molar-refractivity contribution in [2.24, 2.45) is 0 Å². The van der Waals surface area contributed by atoms with Crippen molar-refractivity contribution < 1.29 is 22.5 Å². The highest BCUT2D eigenvalue weighted by atomic mass is 19.4. The van der Waals surface area contributed by atoms with Gasteiger partial charge < -0.3 is 9.84 Å². The Morgan fingerprint density at radius 1 is 1.40 bits per heavy atom. The van der Waals surface area contributed by atoms with Crippen LogP contribution in [0.25, 0.3) is 11.4 Å². The Kier molecular flexibility index (Phi) is 3.68. The first-order valence-electron chi connectivity index (χ1n) is 5.47. The maximum atomic E-state index is 12.3. The molecule has 0 fully saturated rings. The first kappa shape index (κ1) is 14.0. The predicted octanol–water partition coefficient (Wildman–Crippen LogP) is 1.79. The summed E-state index contributed by atoms with van der Waals surface area (Å²) in [5.74, 6) is -1.81. The lowest BCUT2D eigenvalue weighted by molar-refractivity contribution is -0.159. The Morgan fingerprint density at radius 3 is 2.65 bits per heavy atom. The average Bonchev–Trinajstić information content (AvgIpc) is 2.86. The third-order valence-electron chi connectivity index (χ3n) is 2.27. The summed E-state index contributed by atoms with van der Waals surface area (Å²) < 4.78 is 41.0. The summed E-state index contributed by atoms with van der Waals surface area (Å²) in [6.07, 6.45) is -3.37. The van der Waals surface area contributed by atoms with E-state index in [9.17, 15) is 18.0 Å². The van der Waals surface area contributed by atoms with Gasteiger partial charge in [-0.3, -0.25) is 9.78 Å². The maximum absolute atomic E-state index is 12.3. The Hall–Kier alpha value is -2.45. The van der Waals surface area contributed by atoms with Gasteiger partial charge >= 0.3 is 12.1 Å². The first-order valence-corrected chi connectivity index (χ1v) is 5.47. The number of nitrogens with one attached hydrogen (secondary N) is 1. The van der Waals surface area contributed by atoms with Crippen LogP contribution in [0.3, 0.4) is 0 Å². The number of nitrogens with zero attached hydrogens (tertiary/aromatic N) is 3. The number of halogens is 3. The van der Waals surface area contributed by atoms with Gasteiger partial charge in [-0.2, -0.15) is 18.2 Å². The number of aromatic nitrogens is 3. The van der Waals surface area contributed by atoms with Gasteiger partial charge in [-0.05, 0) is 12.1 Å². The summed E-state index contributed by atoms with van der Waals surface area (Å²) in [5, 5.41) is 5.79. The fraction of sp³-hybridized carbons (Fsp3) is 0.273. The zero-order valence-corrected chi connectivity index (χ0v) is 10.2. The number of carbonyl (C=O) groups is 1. The van der Waals surface area contributed by atoms with E-state index in [-0.39, 0.29) is 23.8 Å². The van der Waals surface area contributed by atoms with Crippen LogP contribution in [0.2, 0.25) is 0 Å². The molecule has 0 saturated heterocycles. The number of pyridine rings is 1. The second-order valence-corrected chi connectivity index (χ2v) is 3.87. The Balaban J connectivity index is 2.14. The molecule has 0 bridgehead atoms. The highest BCUT2D eigenvalue weighted by molar-refractivity contribution is 5.72. The van der Waals surface area contributed by atoms with Crippen LogP contribution in [0.15, 0.2) is 22.9 Å². The monoisotopic (exact) mass is 286 g/mol. The number of carbonyl (C=O) groups excluding carboxylic acids is 1. The van der Waals surface area contributed by atoms with Gasteiger partial charge in [0.25, 0.3) is 0 Å². The van der Waals surface area contributed by atoms with Gasteiger partial charge in [0.2, 0.25) is 11.7 Å². The van der Waals surface area contributed by atoms with Gasteiger partial charge in [-0.1, -0.05) is 5.16 Å². The lowest BCUT2D eigenvalue weighted by atomic mass is 10.2. The minimum atomic E-state index is -4.68. The summed E-state index contributed by atoms with van der Waals surface area (Å²) in [5.41, 5.74) is 0.847. The molecule has 1 amide bonds. The van der Waals surface area contributed by atoms with Crippen molar-refractivity contribution in [2.75, 3.05) is 0 Å². The summed E-state index contributed by atoms with van der Waals surface area (Å²) in [7, 11) is 0. The molecule has 0 aliphatic carbocycles. The van der Waals surface area contributed by atoms with Crippen LogP contribution in [-0.4, -0.2) is 21.0 Å². The molecular weight excluding hydrogens is 277 g/mol. The fourth-order valence-electron chi connectivity index (χ4n) is 1.33. The molecular formula is C11H9F3N4O2. The standard InChI is InChI=1S/C11H9F3N4O2/c1-6(19)15-5-8-3-2-7(4-16-8)9-17-10(20-18-9)11(12,13)14/h2-4H,5H2,1H3,(H,15,19). The van der Waals surface area contributed by atoms with Crippen molar-refractivity contribution in [3.63, 3.8) is 0 Å². The number of hydrogen-bond donors (Lipinski definition) is 1. The van der Waals surface area contributed by atoms with E-state index < -0.39 is 12.1 Å². The summed E-state index contributed by atoms with van der Waals surface area (Å²) in [6.45, 7) is 1.60. The molecule has 0 aromatic carbocycles. The van der Waals surface area contributed by atoms with E-state index in [2.05, 4.69) is 25.0 Å². The normalized spacial score (nSPS) is 11.4. The SMILES string of the molecule is CC(=O)NCc1ccc(-c2noc(C(F)(F)F)n2)cn1. The van der Waals surface area contributed by atoms with Gasteiger partial charge in [0.05, 0.1) is 12.2 Å². The molecule has 0 atom stereocenters. The van der Waals surface area contributed by atoms with E-state index in [0.29, 0.717) is 5.69 Å². The molecule has 0 spiro atoms. The van der Waals surface area contributed by atoms with Crippen molar-refractivity contribution >= 4 is 5.91 Å². The van der Waals surface area contributed by atoms with Crippen LogP contribution in [0.1, 0.15) is 18.5 Å². The number of rotatable bonds is 3. The average molecular weight is 286 g/mol. The number of amides is 1. The fourth-order valence-corrected chi connectivity index (χ4v) is 1.33. The molecule has 0 unspecified atom stereocenters. The topological polar surface area (TPSA) is 80.9 Å². The van der Waals surface area contributed by atoms with Crippen molar-refractivity contribution in [2.45, 2.75) is 19.6 Å². The van der Waals surface area contributed by atoms with Crippen LogP contribution >= 0.6 is 0 Å². The molecule has 9 heteroatoms. The zero-order valence-electron chi connectivity index (χ0n) is 10.2. The summed E-state index contributed by atoms with van der Waals surface area (Å²) >= 11 is 0. The Bertz CT molecular complexity index is 607. The number of hydrogen-bond acceptors (Lipinski definition) is 5. The smallest absolute Gasteiger partial charge is 0.351 e. The summed E-state index contributed by atoms with van der Waals surface area (Å²) in [4.78, 5) is 17.9. The van der Waals surface area contributed by atoms with Crippen LogP contribution in [0.5, 0.6) is 0 Å². The zero-order chi connectivity index (χ0) is 14.8. The Morgan fingerprint density at radius 2 is 2.15 bits per heavy atom. The second kappa shape index (κ2) is 5.27. The maximum Gasteiger partial charge on any atom is 0.471 e. The molecule has 2 aromatic rings. The molecule has 106 valence electrons. The molecule has 0 aliphatic heterocycles. The van der Waals surface area contributed by atoms with Crippen LogP contribution in [0.4, 0.5) is 13.2 Å². The summed E-state index contributed by atoms with van der Waals surface area (Å²) in [6, 6.07) is 3.05. The van der Waals surface area contributed by atoms with E-state index >= 15 is 0 Å². The van der Waals surface area contributed by atoms with Crippen LogP contribution in [0, 0.1) is 0 Å². The number of alkyl halides is 3. The largest absolute Gasteiger partial charge is 0.471 e. The minimum absolute atomic E-state index is 0.198. The second-order valence-electron chi connectivity index (χ2n) is 3.87. The predicted molar refractivity (Wildman–Crippen MR) is 60.1 cm³/mol. The first-order chi connectivity index (χ1) is 9.36. The van der Waals surface area contributed by atoms with Gasteiger partial charge in [0, 0.05) is 18.7 Å². The van der Waals surface area contributed by atoms with Gasteiger partial charge in [0.15, 0.2) is 0 Å². The molecule has 2 rings (SSSR count). The minimum Gasteiger partial charge on any atom is -0.351 e. The highest BCUT2D eigenvalue weighted by Gasteiger charge is 2.38. The van der Waals surface area contributed by atoms with Crippen LogP contribution in [-0.2, 0) is 17.5 Å². The molecule has 6 nitrogen and oxygen atoms in total. The van der Waals surface area contributed by atoms with E-state index in [1.165, 1.54) is 19.2 Å². The van der Waals surface area contributed by atoms with Gasteiger partial charge in [-0.25, -0.2) is 0 Å². The molecule has 2 heterocycles. The molecule has 2 aromatic heterocycles. The van der Waals surface area contributed by atoms with Crippen LogP contribution < -0.4 is 5.32 Å². The molecule has 20 heavy (non-hydrogen) atoms. The van der Waals surface area contributed by atoms with E-state index in [1.807, 2.05) is 0 Å². The molecule has 1 N–H and O–H groups in total. The molecule has 0 saturated carbocycles. The highest BCUT2D eigenvalue weighted by Crippen LogP contribution is 2.29. The van der Waals surface area contributed by atoms with Crippen molar-refractivity contribution in [3.05, 3.63) is 29.9 Å². The molecule has 0 aliphatic rings. The Labute approximate surface area is 111 Å². The molecule has 0 radical (unpaired) electrons. The third kappa shape index (κ3) is 3.31. The van der Waals surface area contributed by atoms with Crippen molar-refractivity contribution in [1.82, 2.24) is 20.4 Å². The van der Waals surface area contributed by atoms with Crippen molar-refractivity contribution in [3.8, 4) is 11.4 Å². The van der Waals surface area contributed by atoms with E-state index in [0.717, 1.165) is 0 Å².